The third kappa shape index (κ3) is 2.83. The second-order valence-electron chi connectivity index (χ2n) is 7.66. The van der Waals surface area contributed by atoms with Crippen LogP contribution in [-0.4, -0.2) is 47.9 Å². The van der Waals surface area contributed by atoms with Gasteiger partial charge in [0, 0.05) is 31.5 Å². The van der Waals surface area contributed by atoms with Gasteiger partial charge in [0.05, 0.1) is 18.2 Å². The first-order valence-electron chi connectivity index (χ1n) is 9.57. The van der Waals surface area contributed by atoms with Gasteiger partial charge in [0.25, 0.3) is 0 Å². The molecule has 3 atom stereocenters. The van der Waals surface area contributed by atoms with Crippen LogP contribution in [0.2, 0.25) is 0 Å². The van der Waals surface area contributed by atoms with Crippen molar-refractivity contribution in [2.45, 2.75) is 57.3 Å². The molecular formula is C20H28N2O3. The molecule has 0 aromatic heterocycles. The molecule has 25 heavy (non-hydrogen) atoms. The van der Waals surface area contributed by atoms with Crippen molar-refractivity contribution in [3.8, 4) is 0 Å². The Morgan fingerprint density at radius 1 is 1.36 bits per heavy atom. The maximum absolute atomic E-state index is 12.7. The summed E-state index contributed by atoms with van der Waals surface area (Å²) in [5.41, 5.74) is 2.48. The number of nitrogens with one attached hydrogen (secondary N) is 1. The molecule has 2 fully saturated rings. The number of nitrogens with zero attached hydrogens (tertiary/aromatic N) is 1. The fourth-order valence-corrected chi connectivity index (χ4v) is 4.89. The van der Waals surface area contributed by atoms with E-state index in [0.29, 0.717) is 19.7 Å². The average molecular weight is 344 g/mol. The fraction of sp³-hybridized carbons (Fsp3) is 0.650. The predicted molar refractivity (Wildman–Crippen MR) is 95.3 cm³/mol. The Morgan fingerprint density at radius 3 is 2.84 bits per heavy atom. The van der Waals surface area contributed by atoms with Crippen LogP contribution < -0.4 is 5.32 Å². The Bertz CT molecular complexity index is 638. The van der Waals surface area contributed by atoms with Crippen molar-refractivity contribution < 1.29 is 14.6 Å². The quantitative estimate of drug-likeness (QED) is 0.886. The van der Waals surface area contributed by atoms with E-state index < -0.39 is 0 Å². The number of urea groups is 1. The summed E-state index contributed by atoms with van der Waals surface area (Å²) < 4.78 is 5.80. The minimum Gasteiger partial charge on any atom is -0.392 e. The van der Waals surface area contributed by atoms with Gasteiger partial charge in [-0.1, -0.05) is 24.3 Å². The van der Waals surface area contributed by atoms with Gasteiger partial charge in [0.15, 0.2) is 0 Å². The Morgan fingerprint density at radius 2 is 2.12 bits per heavy atom. The molecular weight excluding hydrogens is 316 g/mol. The number of aliphatic hydroxyl groups is 1. The number of benzene rings is 1. The van der Waals surface area contributed by atoms with Gasteiger partial charge < -0.3 is 20.1 Å². The Kier molecular flexibility index (Phi) is 4.46. The highest BCUT2D eigenvalue weighted by molar-refractivity contribution is 5.75. The number of carbonyl (C=O) groups excluding carboxylic acids is 1. The minimum atomic E-state index is -0.282. The molecule has 5 heteroatoms. The molecule has 1 heterocycles. The van der Waals surface area contributed by atoms with Crippen LogP contribution in [0.25, 0.3) is 0 Å². The molecule has 2 aliphatic carbocycles. The summed E-state index contributed by atoms with van der Waals surface area (Å²) in [6.45, 7) is 4.08. The molecule has 0 radical (unpaired) electrons. The zero-order chi connectivity index (χ0) is 17.4. The number of fused-ring (bicyclic) bond motifs is 1. The van der Waals surface area contributed by atoms with E-state index >= 15 is 0 Å². The maximum atomic E-state index is 12.7. The van der Waals surface area contributed by atoms with Crippen LogP contribution in [0.4, 0.5) is 4.79 Å². The van der Waals surface area contributed by atoms with Crippen molar-refractivity contribution >= 4 is 6.03 Å². The SMILES string of the molecule is CCO[C@@H]1C[C@@H](O)C12CCN(C(=O)N[C@@H]1CCc3ccccc31)CC2. The average Bonchev–Trinajstić information content (AvgIpc) is 3.05. The highest BCUT2D eigenvalue weighted by Gasteiger charge is 2.56. The molecule has 1 saturated heterocycles. The van der Waals surface area contributed by atoms with E-state index in [1.165, 1.54) is 11.1 Å². The number of rotatable bonds is 3. The number of hydrogen-bond donors (Lipinski definition) is 2. The lowest BCUT2D eigenvalue weighted by atomic mass is 9.58. The lowest BCUT2D eigenvalue weighted by Gasteiger charge is -2.56. The first-order chi connectivity index (χ1) is 12.1. The molecule has 3 aliphatic rings. The lowest BCUT2D eigenvalue weighted by molar-refractivity contribution is -0.207. The number of piperidine rings is 1. The zero-order valence-electron chi connectivity index (χ0n) is 14.9. The molecule has 0 unspecified atom stereocenters. The van der Waals surface area contributed by atoms with Crippen LogP contribution in [0, 0.1) is 5.41 Å². The van der Waals surface area contributed by atoms with E-state index in [1.807, 2.05) is 17.9 Å². The summed E-state index contributed by atoms with van der Waals surface area (Å²) in [7, 11) is 0. The Hall–Kier alpha value is -1.59. The van der Waals surface area contributed by atoms with Gasteiger partial charge in [-0.2, -0.15) is 0 Å². The van der Waals surface area contributed by atoms with Crippen LogP contribution in [0.5, 0.6) is 0 Å². The molecule has 1 aliphatic heterocycles. The molecule has 2 N–H and O–H groups in total. The van der Waals surface area contributed by atoms with E-state index in [9.17, 15) is 9.90 Å². The first-order valence-corrected chi connectivity index (χ1v) is 9.57. The number of amides is 2. The highest BCUT2D eigenvalue weighted by Crippen LogP contribution is 2.51. The molecule has 0 bridgehead atoms. The summed E-state index contributed by atoms with van der Waals surface area (Å²) in [6, 6.07) is 8.53. The summed E-state index contributed by atoms with van der Waals surface area (Å²) in [5.74, 6) is 0. The van der Waals surface area contributed by atoms with Crippen molar-refractivity contribution in [1.82, 2.24) is 10.2 Å². The van der Waals surface area contributed by atoms with Crippen molar-refractivity contribution in [1.29, 1.82) is 0 Å². The van der Waals surface area contributed by atoms with Gasteiger partial charge in [-0.25, -0.2) is 4.79 Å². The number of ether oxygens (including phenoxy) is 1. The second-order valence-corrected chi connectivity index (χ2v) is 7.66. The number of likely N-dealkylation sites (tertiary alicyclic amines) is 1. The van der Waals surface area contributed by atoms with Crippen LogP contribution in [0.3, 0.4) is 0 Å². The molecule has 5 nitrogen and oxygen atoms in total. The molecule has 1 aromatic carbocycles. The summed E-state index contributed by atoms with van der Waals surface area (Å²) in [6.07, 6.45) is 4.27. The molecule has 1 spiro atoms. The van der Waals surface area contributed by atoms with Crippen LogP contribution in [0.15, 0.2) is 24.3 Å². The van der Waals surface area contributed by atoms with E-state index in [2.05, 4.69) is 23.5 Å². The number of aryl methyl sites for hydroxylation is 1. The third-order valence-electron chi connectivity index (χ3n) is 6.52. The van der Waals surface area contributed by atoms with Crippen LogP contribution >= 0.6 is 0 Å². The topological polar surface area (TPSA) is 61.8 Å². The van der Waals surface area contributed by atoms with Crippen molar-refractivity contribution in [2.24, 2.45) is 5.41 Å². The molecule has 2 amide bonds. The molecule has 4 rings (SSSR count). The monoisotopic (exact) mass is 344 g/mol. The number of carbonyl (C=O) groups is 1. The number of hydrogen-bond acceptors (Lipinski definition) is 3. The normalized spacial score (nSPS) is 30.0. The summed E-state index contributed by atoms with van der Waals surface area (Å²) in [4.78, 5) is 14.6. The first kappa shape index (κ1) is 16.9. The van der Waals surface area contributed by atoms with E-state index in [1.54, 1.807) is 0 Å². The zero-order valence-corrected chi connectivity index (χ0v) is 14.9. The molecule has 136 valence electrons. The van der Waals surface area contributed by atoms with Crippen LogP contribution in [0.1, 0.15) is 49.8 Å². The fourth-order valence-electron chi connectivity index (χ4n) is 4.89. The number of aliphatic hydroxyl groups excluding tert-OH is 1. The molecule has 1 aromatic rings. The largest absolute Gasteiger partial charge is 0.392 e. The van der Waals surface area contributed by atoms with E-state index in [0.717, 1.165) is 32.1 Å². The summed E-state index contributed by atoms with van der Waals surface area (Å²) in [5, 5.41) is 13.5. The third-order valence-corrected chi connectivity index (χ3v) is 6.52. The van der Waals surface area contributed by atoms with Gasteiger partial charge >= 0.3 is 6.03 Å². The Labute approximate surface area is 149 Å². The predicted octanol–water partition coefficient (Wildman–Crippen LogP) is 2.64. The van der Waals surface area contributed by atoms with Gasteiger partial charge in [-0.3, -0.25) is 0 Å². The van der Waals surface area contributed by atoms with E-state index in [-0.39, 0.29) is 29.7 Å². The molecule has 1 saturated carbocycles. The van der Waals surface area contributed by atoms with Gasteiger partial charge in [0.2, 0.25) is 0 Å². The standard InChI is InChI=1S/C20H28N2O3/c1-2-25-18-13-17(23)20(18)9-11-22(12-10-20)19(24)21-16-8-7-14-5-3-4-6-15(14)16/h3-6,16-18,23H,2,7-13H2,1H3,(H,21,24)/t16-,17-,18-/m1/s1. The van der Waals surface area contributed by atoms with Crippen molar-refractivity contribution in [3.63, 3.8) is 0 Å². The van der Waals surface area contributed by atoms with Crippen molar-refractivity contribution in [2.75, 3.05) is 19.7 Å². The highest BCUT2D eigenvalue weighted by atomic mass is 16.5. The maximum Gasteiger partial charge on any atom is 0.317 e. The Balaban J connectivity index is 1.35. The van der Waals surface area contributed by atoms with E-state index in [4.69, 9.17) is 4.74 Å². The minimum absolute atomic E-state index is 0.0262. The smallest absolute Gasteiger partial charge is 0.317 e. The van der Waals surface area contributed by atoms with Gasteiger partial charge in [-0.15, -0.1) is 0 Å². The van der Waals surface area contributed by atoms with Gasteiger partial charge in [0.1, 0.15) is 0 Å². The second kappa shape index (κ2) is 6.61. The lowest BCUT2D eigenvalue weighted by Crippen LogP contribution is -2.63. The summed E-state index contributed by atoms with van der Waals surface area (Å²) >= 11 is 0. The van der Waals surface area contributed by atoms with Crippen molar-refractivity contribution in [3.05, 3.63) is 35.4 Å². The van der Waals surface area contributed by atoms with Gasteiger partial charge in [-0.05, 0) is 43.7 Å². The van der Waals surface area contributed by atoms with Crippen LogP contribution in [-0.2, 0) is 11.2 Å².